The number of aryl methyl sites for hydroxylation is 2. The third kappa shape index (κ3) is 5.61. The van der Waals surface area contributed by atoms with E-state index >= 15 is 0 Å². The van der Waals surface area contributed by atoms with E-state index in [0.717, 1.165) is 22.4 Å². The summed E-state index contributed by atoms with van der Waals surface area (Å²) in [5.41, 5.74) is 5.25. The molecule has 0 spiro atoms. The highest BCUT2D eigenvalue weighted by molar-refractivity contribution is 7.89. The zero-order chi connectivity index (χ0) is 32.7. The van der Waals surface area contributed by atoms with E-state index in [1.54, 1.807) is 40.7 Å². The molecule has 10 nitrogen and oxygen atoms in total. The number of carbonyl (C=O) groups is 2. The van der Waals surface area contributed by atoms with Gasteiger partial charge in [0.25, 0.3) is 0 Å². The first kappa shape index (κ1) is 30.5. The van der Waals surface area contributed by atoms with E-state index < -0.39 is 15.8 Å². The number of carbonyl (C=O) groups excluding carboxylic acids is 2. The van der Waals surface area contributed by atoms with Crippen molar-refractivity contribution in [3.8, 4) is 11.1 Å². The molecule has 1 aliphatic heterocycles. The van der Waals surface area contributed by atoms with Crippen LogP contribution in [0.15, 0.2) is 102 Å². The molecular formula is C36H33N5O5S. The highest BCUT2D eigenvalue weighted by Crippen LogP contribution is 2.31. The second-order valence-electron chi connectivity index (χ2n) is 11.9. The molecule has 1 aromatic heterocycles. The van der Waals surface area contributed by atoms with Crippen molar-refractivity contribution in [2.75, 3.05) is 31.1 Å². The zero-order valence-electron chi connectivity index (χ0n) is 25.9. The second kappa shape index (κ2) is 12.2. The number of piperazine rings is 1. The van der Waals surface area contributed by atoms with Crippen LogP contribution in [0.5, 0.6) is 0 Å². The monoisotopic (exact) mass is 647 g/mol. The Morgan fingerprint density at radius 2 is 1.38 bits per heavy atom. The molecule has 0 amide bonds. The van der Waals surface area contributed by atoms with Crippen LogP contribution in [-0.2, 0) is 23.0 Å². The molecule has 1 fully saturated rings. The Morgan fingerprint density at radius 1 is 0.766 bits per heavy atom. The van der Waals surface area contributed by atoms with Gasteiger partial charge in [-0.05, 0) is 49.1 Å². The molecule has 11 heteroatoms. The number of nitrogens with zero attached hydrogens (tertiary/aromatic N) is 5. The molecule has 0 saturated carbocycles. The fraction of sp³-hybridized carbons (Fsp3) is 0.222. The summed E-state index contributed by atoms with van der Waals surface area (Å²) in [5.74, 6) is -0.787. The van der Waals surface area contributed by atoms with Crippen molar-refractivity contribution in [1.29, 1.82) is 0 Å². The van der Waals surface area contributed by atoms with Crippen LogP contribution in [0.25, 0.3) is 11.1 Å². The molecule has 0 N–H and O–H groups in total. The van der Waals surface area contributed by atoms with Crippen molar-refractivity contribution >= 4 is 27.3 Å². The van der Waals surface area contributed by atoms with Crippen molar-refractivity contribution in [3.63, 3.8) is 0 Å². The number of benzene rings is 4. The van der Waals surface area contributed by atoms with E-state index in [0.29, 0.717) is 54.4 Å². The molecule has 7 rings (SSSR count). The Balaban J connectivity index is 0.974. The van der Waals surface area contributed by atoms with Crippen LogP contribution in [0, 0.1) is 12.1 Å². The third-order valence-corrected chi connectivity index (χ3v) is 10.9. The topological polar surface area (TPSA) is 120 Å². The fourth-order valence-corrected chi connectivity index (χ4v) is 8.04. The highest BCUT2D eigenvalue weighted by Gasteiger charge is 2.39. The zero-order valence-corrected chi connectivity index (χ0v) is 26.7. The summed E-state index contributed by atoms with van der Waals surface area (Å²) in [6, 6.07) is 29.7. The minimum atomic E-state index is -3.69. The maximum Gasteiger partial charge on any atom is 0.243 e. The van der Waals surface area contributed by atoms with Crippen molar-refractivity contribution in [2.24, 2.45) is 0 Å². The third-order valence-electron chi connectivity index (χ3n) is 8.96. The maximum atomic E-state index is 13.8. The van der Waals surface area contributed by atoms with Gasteiger partial charge in [-0.2, -0.15) is 4.31 Å². The number of fused-ring (bicyclic) bond motifs is 2. The number of aromatic nitrogens is 3. The first-order chi connectivity index (χ1) is 22.7. The van der Waals surface area contributed by atoms with E-state index in [9.17, 15) is 23.2 Å². The first-order valence-corrected chi connectivity index (χ1v) is 17.1. The molecule has 47 heavy (non-hydrogen) atoms. The van der Waals surface area contributed by atoms with Crippen LogP contribution in [0.3, 0.4) is 0 Å². The fourth-order valence-electron chi connectivity index (χ4n) is 6.40. The van der Waals surface area contributed by atoms with Crippen LogP contribution >= 0.6 is 0 Å². The van der Waals surface area contributed by atoms with Gasteiger partial charge in [-0.25, -0.2) is 8.42 Å². The second-order valence-corrected chi connectivity index (χ2v) is 13.8. The van der Waals surface area contributed by atoms with E-state index in [4.69, 9.17) is 0 Å². The lowest BCUT2D eigenvalue weighted by molar-refractivity contribution is -0.749. The molecule has 0 unspecified atom stereocenters. The molecule has 0 bridgehead atoms. The van der Waals surface area contributed by atoms with Gasteiger partial charge in [0.2, 0.25) is 27.3 Å². The van der Waals surface area contributed by atoms with Crippen LogP contribution in [0.1, 0.15) is 49.7 Å². The summed E-state index contributed by atoms with van der Waals surface area (Å²) < 4.78 is 30.3. The van der Waals surface area contributed by atoms with Gasteiger partial charge >= 0.3 is 0 Å². The Labute approximate surface area is 273 Å². The number of ketones is 2. The molecule has 1 saturated heterocycles. The van der Waals surface area contributed by atoms with Gasteiger partial charge in [-0.15, -0.1) is 4.68 Å². The van der Waals surface area contributed by atoms with Gasteiger partial charge in [0, 0.05) is 58.6 Å². The predicted octanol–water partition coefficient (Wildman–Crippen LogP) is 4.41. The molecule has 238 valence electrons. The molecule has 0 atom stereocenters. The van der Waals surface area contributed by atoms with Crippen LogP contribution in [0.4, 0.5) is 5.69 Å². The molecule has 1 aliphatic carbocycles. The van der Waals surface area contributed by atoms with Crippen molar-refractivity contribution < 1.29 is 23.0 Å². The Hall–Kier alpha value is -5.13. The van der Waals surface area contributed by atoms with E-state index in [2.05, 4.69) is 10.00 Å². The molecular weight excluding hydrogens is 614 g/mol. The number of hydrogen-bond donors (Lipinski definition) is 0. The standard InChI is InChI=1S/C36H33N5O5S/c1-25-12-16-27(17-13-25)29-8-4-5-11-32(29)47(45,46)39-23-21-38(22-24-39)28-18-14-26(15-19-28)7-6-20-40-34-33(37-41(40)44)35(42)30-9-2-3-10-31(30)36(34)43/h2-5,8-19H,6-7,20-24H2,1H3. The van der Waals surface area contributed by atoms with Crippen LogP contribution < -0.4 is 9.86 Å². The smallest absolute Gasteiger partial charge is 0.243 e. The molecule has 2 heterocycles. The van der Waals surface area contributed by atoms with Gasteiger partial charge in [-0.3, -0.25) is 9.59 Å². The lowest BCUT2D eigenvalue weighted by atomic mass is 9.90. The normalized spacial score (nSPS) is 15.0. The van der Waals surface area contributed by atoms with Gasteiger partial charge in [0.05, 0.1) is 11.4 Å². The number of anilines is 1. The number of sulfonamides is 1. The van der Waals surface area contributed by atoms with Crippen molar-refractivity contribution in [1.82, 2.24) is 14.1 Å². The Kier molecular flexibility index (Phi) is 7.94. The molecule has 0 radical (unpaired) electrons. The van der Waals surface area contributed by atoms with E-state index in [-0.39, 0.29) is 34.8 Å². The Morgan fingerprint density at radius 3 is 2.06 bits per heavy atom. The minimum absolute atomic E-state index is 0.0406. The van der Waals surface area contributed by atoms with E-state index in [1.165, 1.54) is 4.68 Å². The summed E-state index contributed by atoms with van der Waals surface area (Å²) in [6.45, 7) is 4.13. The minimum Gasteiger partial charge on any atom is -0.571 e. The molecule has 2 aliphatic rings. The van der Waals surface area contributed by atoms with Gasteiger partial charge in [0.1, 0.15) is 0 Å². The summed E-state index contributed by atoms with van der Waals surface area (Å²) >= 11 is 0. The highest BCUT2D eigenvalue weighted by atomic mass is 32.2. The van der Waals surface area contributed by atoms with Crippen LogP contribution in [-0.4, -0.2) is 60.2 Å². The predicted molar refractivity (Wildman–Crippen MR) is 177 cm³/mol. The quantitative estimate of drug-likeness (QED) is 0.177. The lowest BCUT2D eigenvalue weighted by Gasteiger charge is -2.35. The Bertz CT molecular complexity index is 2100. The largest absolute Gasteiger partial charge is 0.571 e. The molecule has 5 aromatic rings. The average Bonchev–Trinajstić information content (AvgIpc) is 3.44. The summed E-state index contributed by atoms with van der Waals surface area (Å²) in [6.07, 6.45) is 1.21. The lowest BCUT2D eigenvalue weighted by Crippen LogP contribution is -2.48. The van der Waals surface area contributed by atoms with Crippen molar-refractivity contribution in [3.05, 3.63) is 136 Å². The van der Waals surface area contributed by atoms with Gasteiger partial charge in [-0.1, -0.05) is 84.4 Å². The SMILES string of the molecule is Cc1ccc(-c2ccccc2S(=O)(=O)N2CCN(c3ccc(CCCn4c5c(n[n+]4[O-])C(=O)c4ccccc4C5=O)cc3)CC2)cc1. The van der Waals surface area contributed by atoms with Gasteiger partial charge in [0.15, 0.2) is 5.69 Å². The van der Waals surface area contributed by atoms with Crippen LogP contribution in [0.2, 0.25) is 0 Å². The van der Waals surface area contributed by atoms with E-state index in [1.807, 2.05) is 67.6 Å². The average molecular weight is 648 g/mol. The molecule has 4 aromatic carbocycles. The summed E-state index contributed by atoms with van der Waals surface area (Å²) in [4.78, 5) is 28.8. The number of hydrogen-bond acceptors (Lipinski definition) is 7. The first-order valence-electron chi connectivity index (χ1n) is 15.6. The maximum absolute atomic E-state index is 13.8. The summed E-state index contributed by atoms with van der Waals surface area (Å²) in [7, 11) is -3.69. The number of rotatable bonds is 8. The van der Waals surface area contributed by atoms with Crippen molar-refractivity contribution in [2.45, 2.75) is 31.2 Å². The van der Waals surface area contributed by atoms with Gasteiger partial charge < -0.3 is 10.1 Å². The summed E-state index contributed by atoms with van der Waals surface area (Å²) in [5, 5.41) is 16.4.